The number of halogens is 1. The van der Waals surface area contributed by atoms with Gasteiger partial charge in [-0.05, 0) is 30.2 Å². The Morgan fingerprint density at radius 2 is 2.07 bits per heavy atom. The second-order valence-corrected chi connectivity index (χ2v) is 6.33. The lowest BCUT2D eigenvalue weighted by atomic mass is 10.2. The molecule has 1 N–H and O–H groups in total. The van der Waals surface area contributed by atoms with Crippen LogP contribution in [0.4, 0.5) is 19.7 Å². The zero-order valence-electron chi connectivity index (χ0n) is 15.0. The van der Waals surface area contributed by atoms with E-state index >= 15 is 0 Å². The van der Waals surface area contributed by atoms with Crippen molar-refractivity contribution in [3.05, 3.63) is 65.5 Å². The van der Waals surface area contributed by atoms with E-state index in [1.807, 2.05) is 30.3 Å². The number of cyclic esters (lactones) is 1. The Kier molecular flexibility index (Phi) is 5.90. The van der Waals surface area contributed by atoms with Gasteiger partial charge in [-0.15, -0.1) is 0 Å². The highest BCUT2D eigenvalue weighted by Gasteiger charge is 2.32. The van der Waals surface area contributed by atoms with Gasteiger partial charge < -0.3 is 14.8 Å². The van der Waals surface area contributed by atoms with E-state index in [1.165, 1.54) is 11.0 Å². The highest BCUT2D eigenvalue weighted by atomic mass is 19.1. The summed E-state index contributed by atoms with van der Waals surface area (Å²) in [5, 5.41) is 2.63. The van der Waals surface area contributed by atoms with Gasteiger partial charge in [0.2, 0.25) is 0 Å². The molecule has 1 fully saturated rings. The lowest BCUT2D eigenvalue weighted by Gasteiger charge is -2.13. The zero-order chi connectivity index (χ0) is 19.2. The van der Waals surface area contributed by atoms with Crippen LogP contribution in [0.15, 0.2) is 48.5 Å². The average molecular weight is 372 g/mol. The lowest BCUT2D eigenvalue weighted by Crippen LogP contribution is -2.29. The van der Waals surface area contributed by atoms with Crippen LogP contribution in [0.3, 0.4) is 0 Å². The number of hydrogen-bond donors (Lipinski definition) is 1. The Hall–Kier alpha value is -3.09. The van der Waals surface area contributed by atoms with Crippen molar-refractivity contribution < 1.29 is 23.5 Å². The van der Waals surface area contributed by atoms with E-state index in [2.05, 4.69) is 5.32 Å². The first-order valence-electron chi connectivity index (χ1n) is 8.72. The van der Waals surface area contributed by atoms with Crippen LogP contribution in [0.1, 0.15) is 17.5 Å². The van der Waals surface area contributed by atoms with Gasteiger partial charge in [-0.3, -0.25) is 4.90 Å². The highest BCUT2D eigenvalue weighted by Crippen LogP contribution is 2.24. The number of alkyl carbamates (subject to hydrolysis) is 1. The molecule has 2 amide bonds. The number of aryl methyl sites for hydroxylation is 1. The SMILES string of the molecule is Cc1ccc(N2CC(CCNC(=O)OCc3ccccc3)OC2=O)cc1F. The van der Waals surface area contributed by atoms with E-state index in [4.69, 9.17) is 9.47 Å². The first-order valence-corrected chi connectivity index (χ1v) is 8.72. The summed E-state index contributed by atoms with van der Waals surface area (Å²) < 4.78 is 24.1. The number of benzene rings is 2. The topological polar surface area (TPSA) is 67.9 Å². The molecule has 0 aromatic heterocycles. The van der Waals surface area contributed by atoms with Gasteiger partial charge >= 0.3 is 12.2 Å². The van der Waals surface area contributed by atoms with Gasteiger partial charge in [0.05, 0.1) is 12.2 Å². The molecular weight excluding hydrogens is 351 g/mol. The van der Waals surface area contributed by atoms with Crippen LogP contribution < -0.4 is 10.2 Å². The van der Waals surface area contributed by atoms with Gasteiger partial charge in [0.1, 0.15) is 18.5 Å². The number of hydrogen-bond acceptors (Lipinski definition) is 4. The maximum atomic E-state index is 13.7. The summed E-state index contributed by atoms with van der Waals surface area (Å²) in [5.41, 5.74) is 1.88. The summed E-state index contributed by atoms with van der Waals surface area (Å²) >= 11 is 0. The third-order valence-electron chi connectivity index (χ3n) is 4.29. The molecule has 0 bridgehead atoms. The van der Waals surface area contributed by atoms with Crippen LogP contribution in [0, 0.1) is 12.7 Å². The number of carbonyl (C=O) groups excluding carboxylic acids is 2. The molecule has 2 aromatic carbocycles. The Morgan fingerprint density at radius 1 is 1.30 bits per heavy atom. The molecule has 27 heavy (non-hydrogen) atoms. The summed E-state index contributed by atoms with van der Waals surface area (Å²) in [7, 11) is 0. The number of rotatable bonds is 6. The molecular formula is C20H21FN2O4. The maximum absolute atomic E-state index is 13.7. The van der Waals surface area contributed by atoms with Gasteiger partial charge in [-0.25, -0.2) is 14.0 Å². The van der Waals surface area contributed by atoms with Gasteiger partial charge in [-0.2, -0.15) is 0 Å². The fourth-order valence-electron chi connectivity index (χ4n) is 2.74. The third kappa shape index (κ3) is 4.97. The summed E-state index contributed by atoms with van der Waals surface area (Å²) in [4.78, 5) is 25.1. The first kappa shape index (κ1) is 18.7. The van der Waals surface area contributed by atoms with Crippen LogP contribution in [-0.2, 0) is 16.1 Å². The smallest absolute Gasteiger partial charge is 0.414 e. The lowest BCUT2D eigenvalue weighted by molar-refractivity contribution is 0.129. The van der Waals surface area contributed by atoms with Crippen molar-refractivity contribution in [1.82, 2.24) is 5.32 Å². The molecule has 0 spiro atoms. The summed E-state index contributed by atoms with van der Waals surface area (Å²) in [6.45, 7) is 2.47. The summed E-state index contributed by atoms with van der Waals surface area (Å²) in [5.74, 6) is -0.369. The normalized spacial score (nSPS) is 16.1. The molecule has 1 saturated heterocycles. The summed E-state index contributed by atoms with van der Waals surface area (Å²) in [6, 6.07) is 14.0. The minimum Gasteiger partial charge on any atom is -0.445 e. The van der Waals surface area contributed by atoms with Crippen molar-refractivity contribution in [2.75, 3.05) is 18.0 Å². The Labute approximate surface area is 156 Å². The second-order valence-electron chi connectivity index (χ2n) is 6.33. The number of amides is 2. The van der Waals surface area contributed by atoms with Crippen molar-refractivity contribution in [2.45, 2.75) is 26.1 Å². The number of anilines is 1. The molecule has 7 heteroatoms. The summed E-state index contributed by atoms with van der Waals surface area (Å²) in [6.07, 6.45) is -0.983. The molecule has 142 valence electrons. The minimum atomic E-state index is -0.527. The number of carbonyl (C=O) groups is 2. The molecule has 0 aliphatic carbocycles. The Balaban J connectivity index is 1.42. The van der Waals surface area contributed by atoms with Gasteiger partial charge in [0.15, 0.2) is 0 Å². The molecule has 1 unspecified atom stereocenters. The van der Waals surface area contributed by atoms with Crippen molar-refractivity contribution in [2.24, 2.45) is 0 Å². The van der Waals surface area contributed by atoms with Crippen LogP contribution in [0.25, 0.3) is 0 Å². The fraction of sp³-hybridized carbons (Fsp3) is 0.300. The highest BCUT2D eigenvalue weighted by molar-refractivity contribution is 5.89. The maximum Gasteiger partial charge on any atom is 0.414 e. The zero-order valence-corrected chi connectivity index (χ0v) is 15.0. The van der Waals surface area contributed by atoms with E-state index in [0.717, 1.165) is 5.56 Å². The molecule has 1 heterocycles. The molecule has 1 aliphatic rings. The van der Waals surface area contributed by atoms with E-state index in [9.17, 15) is 14.0 Å². The van der Waals surface area contributed by atoms with Crippen molar-refractivity contribution in [3.63, 3.8) is 0 Å². The van der Waals surface area contributed by atoms with E-state index in [-0.39, 0.29) is 18.5 Å². The number of nitrogens with zero attached hydrogens (tertiary/aromatic N) is 1. The fourth-order valence-corrected chi connectivity index (χ4v) is 2.74. The van der Waals surface area contributed by atoms with Crippen molar-refractivity contribution in [1.29, 1.82) is 0 Å². The molecule has 2 aromatic rings. The standard InChI is InChI=1S/C20H21FN2O4/c1-14-7-8-16(11-18(14)21)23-12-17(27-20(23)25)9-10-22-19(24)26-13-15-5-3-2-4-6-15/h2-8,11,17H,9-10,12-13H2,1H3,(H,22,24). The predicted molar refractivity (Wildman–Crippen MR) is 98.0 cm³/mol. The molecule has 1 atom stereocenters. The Bertz CT molecular complexity index is 813. The molecule has 3 rings (SSSR count). The number of ether oxygens (including phenoxy) is 2. The molecule has 1 aliphatic heterocycles. The van der Waals surface area contributed by atoms with Crippen LogP contribution >= 0.6 is 0 Å². The molecule has 6 nitrogen and oxygen atoms in total. The van der Waals surface area contributed by atoms with Gasteiger partial charge in [0.25, 0.3) is 0 Å². The Morgan fingerprint density at radius 3 is 2.81 bits per heavy atom. The quantitative estimate of drug-likeness (QED) is 0.838. The van der Waals surface area contributed by atoms with Gasteiger partial charge in [0, 0.05) is 13.0 Å². The van der Waals surface area contributed by atoms with Crippen molar-refractivity contribution >= 4 is 17.9 Å². The predicted octanol–water partition coefficient (Wildman–Crippen LogP) is 3.78. The second kappa shape index (κ2) is 8.53. The monoisotopic (exact) mass is 372 g/mol. The van der Waals surface area contributed by atoms with Crippen LogP contribution in [0.5, 0.6) is 0 Å². The van der Waals surface area contributed by atoms with Crippen LogP contribution in [0.2, 0.25) is 0 Å². The number of nitrogens with one attached hydrogen (secondary N) is 1. The average Bonchev–Trinajstić information content (AvgIpc) is 3.04. The van der Waals surface area contributed by atoms with E-state index in [1.54, 1.807) is 19.1 Å². The van der Waals surface area contributed by atoms with E-state index in [0.29, 0.717) is 30.8 Å². The van der Waals surface area contributed by atoms with E-state index < -0.39 is 12.2 Å². The molecule has 0 saturated carbocycles. The van der Waals surface area contributed by atoms with Crippen molar-refractivity contribution in [3.8, 4) is 0 Å². The minimum absolute atomic E-state index is 0.192. The molecule has 0 radical (unpaired) electrons. The third-order valence-corrected chi connectivity index (χ3v) is 4.29. The van der Waals surface area contributed by atoms with Crippen LogP contribution in [-0.4, -0.2) is 31.4 Å². The largest absolute Gasteiger partial charge is 0.445 e. The first-order chi connectivity index (χ1) is 13.0. The van der Waals surface area contributed by atoms with Gasteiger partial charge in [-0.1, -0.05) is 36.4 Å².